The number of likely N-dealkylation sites (N-methyl/N-ethyl adjacent to an activating group) is 1. The SMILES string of the molecule is CN(CCN1CCC(OC(=O)Cc2ccccc2-c2ccccc2)CC1)C(=O)c1ccc(C(=O)NCCCN)s1. The van der Waals surface area contributed by atoms with Gasteiger partial charge in [0, 0.05) is 39.8 Å². The molecule has 3 aromatic rings. The van der Waals surface area contributed by atoms with Gasteiger partial charge >= 0.3 is 5.97 Å². The summed E-state index contributed by atoms with van der Waals surface area (Å²) in [6, 6.07) is 21.4. The van der Waals surface area contributed by atoms with Crippen LogP contribution in [0.2, 0.25) is 0 Å². The number of carbonyl (C=O) groups is 3. The molecule has 2 aromatic carbocycles. The monoisotopic (exact) mass is 562 g/mol. The summed E-state index contributed by atoms with van der Waals surface area (Å²) in [6.45, 7) is 3.99. The number of thiophene rings is 1. The Morgan fingerprint density at radius 2 is 1.70 bits per heavy atom. The average Bonchev–Trinajstić information content (AvgIpc) is 3.48. The van der Waals surface area contributed by atoms with Crippen LogP contribution in [0.25, 0.3) is 11.1 Å². The number of likely N-dealkylation sites (tertiary alicyclic amines) is 1. The Hall–Kier alpha value is -3.53. The van der Waals surface area contributed by atoms with Gasteiger partial charge in [0.25, 0.3) is 11.8 Å². The molecule has 0 atom stereocenters. The standard InChI is InChI=1S/C31H38N4O4S/c1-34(31(38)28-13-12-27(40-28)30(37)33-17-7-16-32)20-21-35-18-14-25(15-19-35)39-29(36)22-24-10-5-6-11-26(24)23-8-3-2-4-9-23/h2-6,8-13,25H,7,14-22,32H2,1H3,(H,33,37). The Balaban J connectivity index is 1.19. The highest BCUT2D eigenvalue weighted by atomic mass is 32.1. The maximum atomic E-state index is 12.9. The summed E-state index contributed by atoms with van der Waals surface area (Å²) in [4.78, 5) is 42.9. The third kappa shape index (κ3) is 8.24. The van der Waals surface area contributed by atoms with Crippen LogP contribution in [0.5, 0.6) is 0 Å². The number of carbonyl (C=O) groups excluding carboxylic acids is 3. The molecule has 4 rings (SSSR count). The molecule has 1 aliphatic rings. The number of amides is 2. The number of ether oxygens (including phenoxy) is 1. The van der Waals surface area contributed by atoms with Crippen molar-refractivity contribution < 1.29 is 19.1 Å². The number of hydrogen-bond donors (Lipinski definition) is 2. The van der Waals surface area contributed by atoms with Crippen LogP contribution in [0.15, 0.2) is 66.7 Å². The molecule has 212 valence electrons. The molecule has 0 bridgehead atoms. The van der Waals surface area contributed by atoms with Crippen molar-refractivity contribution in [2.75, 3.05) is 46.3 Å². The number of nitrogens with two attached hydrogens (primary N) is 1. The quantitative estimate of drug-likeness (QED) is 0.257. The van der Waals surface area contributed by atoms with Crippen molar-refractivity contribution in [2.24, 2.45) is 5.73 Å². The van der Waals surface area contributed by atoms with Gasteiger partial charge in [-0.25, -0.2) is 0 Å². The number of benzene rings is 2. The molecule has 2 amide bonds. The molecular weight excluding hydrogens is 524 g/mol. The predicted octanol–water partition coefficient (Wildman–Crippen LogP) is 3.82. The zero-order valence-corrected chi connectivity index (χ0v) is 23.8. The number of nitrogens with zero attached hydrogens (tertiary/aromatic N) is 2. The Labute approximate surface area is 240 Å². The molecule has 8 nitrogen and oxygen atoms in total. The Morgan fingerprint density at radius 1 is 1.00 bits per heavy atom. The number of esters is 1. The molecule has 1 aliphatic heterocycles. The first-order chi connectivity index (χ1) is 19.4. The third-order valence-electron chi connectivity index (χ3n) is 7.08. The van der Waals surface area contributed by atoms with Crippen molar-refractivity contribution in [3.8, 4) is 11.1 Å². The number of piperidine rings is 1. The van der Waals surface area contributed by atoms with Gasteiger partial charge in [-0.15, -0.1) is 11.3 Å². The van der Waals surface area contributed by atoms with Crippen molar-refractivity contribution in [1.82, 2.24) is 15.1 Å². The molecule has 3 N–H and O–H groups in total. The van der Waals surface area contributed by atoms with Crippen molar-refractivity contribution in [2.45, 2.75) is 31.8 Å². The maximum absolute atomic E-state index is 12.9. The second kappa shape index (κ2) is 14.7. The summed E-state index contributed by atoms with van der Waals surface area (Å²) in [5, 5.41) is 2.81. The summed E-state index contributed by atoms with van der Waals surface area (Å²) >= 11 is 1.21. The van der Waals surface area contributed by atoms with Gasteiger partial charge in [0.05, 0.1) is 16.2 Å². The van der Waals surface area contributed by atoms with Crippen molar-refractivity contribution in [3.05, 3.63) is 82.0 Å². The second-order valence-electron chi connectivity index (χ2n) is 10.0. The predicted molar refractivity (Wildman–Crippen MR) is 158 cm³/mol. The fourth-order valence-corrected chi connectivity index (χ4v) is 5.67. The molecule has 9 heteroatoms. The van der Waals surface area contributed by atoms with E-state index in [4.69, 9.17) is 10.5 Å². The summed E-state index contributed by atoms with van der Waals surface area (Å²) in [5.41, 5.74) is 8.57. The molecule has 1 saturated heterocycles. The number of rotatable bonds is 12. The van der Waals surface area contributed by atoms with E-state index in [9.17, 15) is 14.4 Å². The van der Waals surface area contributed by atoms with E-state index in [2.05, 4.69) is 10.2 Å². The molecular formula is C31H38N4O4S. The first-order valence-electron chi connectivity index (χ1n) is 13.8. The van der Waals surface area contributed by atoms with Crippen LogP contribution in [0.3, 0.4) is 0 Å². The minimum atomic E-state index is -0.199. The van der Waals surface area contributed by atoms with E-state index in [1.54, 1.807) is 24.1 Å². The summed E-state index contributed by atoms with van der Waals surface area (Å²) in [5.74, 6) is -0.467. The van der Waals surface area contributed by atoms with Gasteiger partial charge < -0.3 is 25.6 Å². The van der Waals surface area contributed by atoms with Gasteiger partial charge in [0.2, 0.25) is 0 Å². The van der Waals surface area contributed by atoms with Crippen LogP contribution >= 0.6 is 11.3 Å². The fraction of sp³-hybridized carbons (Fsp3) is 0.387. The van der Waals surface area contributed by atoms with Crippen LogP contribution in [-0.2, 0) is 16.0 Å². The highest BCUT2D eigenvalue weighted by Gasteiger charge is 2.24. The van der Waals surface area contributed by atoms with E-state index in [0.29, 0.717) is 35.8 Å². The van der Waals surface area contributed by atoms with Gasteiger partial charge in [-0.2, -0.15) is 0 Å². The van der Waals surface area contributed by atoms with E-state index in [-0.39, 0.29) is 30.3 Å². The first-order valence-corrected chi connectivity index (χ1v) is 14.6. The Bertz CT molecular complexity index is 1270. The molecule has 1 aromatic heterocycles. The number of nitrogens with one attached hydrogen (secondary N) is 1. The molecule has 0 unspecified atom stereocenters. The Morgan fingerprint density at radius 3 is 2.45 bits per heavy atom. The van der Waals surface area contributed by atoms with Gasteiger partial charge in [-0.05, 0) is 54.6 Å². The highest BCUT2D eigenvalue weighted by molar-refractivity contribution is 7.15. The first kappa shape index (κ1) is 29.5. The lowest BCUT2D eigenvalue weighted by molar-refractivity contribution is -0.150. The Kier molecular flexibility index (Phi) is 10.9. The number of hydrogen-bond acceptors (Lipinski definition) is 7. The van der Waals surface area contributed by atoms with E-state index in [0.717, 1.165) is 49.2 Å². The van der Waals surface area contributed by atoms with Crippen molar-refractivity contribution in [3.63, 3.8) is 0 Å². The van der Waals surface area contributed by atoms with Gasteiger partial charge in [-0.1, -0.05) is 54.6 Å². The molecule has 0 radical (unpaired) electrons. The topological polar surface area (TPSA) is 105 Å². The van der Waals surface area contributed by atoms with Crippen molar-refractivity contribution in [1.29, 1.82) is 0 Å². The summed E-state index contributed by atoms with van der Waals surface area (Å²) < 4.78 is 5.84. The molecule has 0 saturated carbocycles. The minimum absolute atomic E-state index is 0.0902. The van der Waals surface area contributed by atoms with Gasteiger partial charge in [-0.3, -0.25) is 14.4 Å². The van der Waals surface area contributed by atoms with Crippen LogP contribution < -0.4 is 11.1 Å². The molecule has 0 spiro atoms. The zero-order valence-electron chi connectivity index (χ0n) is 23.0. The third-order valence-corrected chi connectivity index (χ3v) is 8.15. The normalized spacial score (nSPS) is 14.1. The lowest BCUT2D eigenvalue weighted by Crippen LogP contribution is -2.42. The lowest BCUT2D eigenvalue weighted by Gasteiger charge is -2.32. The zero-order chi connectivity index (χ0) is 28.3. The maximum Gasteiger partial charge on any atom is 0.310 e. The lowest BCUT2D eigenvalue weighted by atomic mass is 9.98. The molecule has 0 aliphatic carbocycles. The molecule has 2 heterocycles. The van der Waals surface area contributed by atoms with E-state index in [1.807, 2.05) is 54.6 Å². The second-order valence-corrected chi connectivity index (χ2v) is 11.1. The smallest absolute Gasteiger partial charge is 0.310 e. The summed E-state index contributed by atoms with van der Waals surface area (Å²) in [7, 11) is 1.78. The fourth-order valence-electron chi connectivity index (χ4n) is 4.75. The average molecular weight is 563 g/mol. The largest absolute Gasteiger partial charge is 0.462 e. The minimum Gasteiger partial charge on any atom is -0.462 e. The molecule has 1 fully saturated rings. The molecule has 40 heavy (non-hydrogen) atoms. The van der Waals surface area contributed by atoms with E-state index >= 15 is 0 Å². The van der Waals surface area contributed by atoms with Gasteiger partial charge in [0.1, 0.15) is 6.10 Å². The van der Waals surface area contributed by atoms with Crippen LogP contribution in [-0.4, -0.2) is 80.0 Å². The summed E-state index contributed by atoms with van der Waals surface area (Å²) in [6.07, 6.45) is 2.42. The van der Waals surface area contributed by atoms with Crippen molar-refractivity contribution >= 4 is 29.1 Å². The van der Waals surface area contributed by atoms with Crippen LogP contribution in [0, 0.1) is 0 Å². The van der Waals surface area contributed by atoms with E-state index < -0.39 is 0 Å². The van der Waals surface area contributed by atoms with E-state index in [1.165, 1.54) is 11.3 Å². The highest BCUT2D eigenvalue weighted by Crippen LogP contribution is 2.25. The van der Waals surface area contributed by atoms with Crippen LogP contribution in [0.4, 0.5) is 0 Å². The van der Waals surface area contributed by atoms with Crippen LogP contribution in [0.1, 0.15) is 44.2 Å². The van der Waals surface area contributed by atoms with Gasteiger partial charge in [0.15, 0.2) is 0 Å².